The molecule has 4 rings (SSSR count). The molecule has 7 heteroatoms. The van der Waals surface area contributed by atoms with Gasteiger partial charge < -0.3 is 14.7 Å². The van der Waals surface area contributed by atoms with Gasteiger partial charge >= 0.3 is 6.03 Å². The summed E-state index contributed by atoms with van der Waals surface area (Å²) in [6.45, 7) is 6.13. The van der Waals surface area contributed by atoms with Crippen molar-refractivity contribution in [3.63, 3.8) is 0 Å². The number of amides is 3. The van der Waals surface area contributed by atoms with Crippen LogP contribution in [0, 0.1) is 6.92 Å². The fourth-order valence-corrected chi connectivity index (χ4v) is 3.93. The van der Waals surface area contributed by atoms with Crippen LogP contribution in [0.15, 0.2) is 29.3 Å². The molecular weight excluding hydrogens is 330 g/mol. The Bertz CT molecular complexity index is 760. The van der Waals surface area contributed by atoms with Crippen molar-refractivity contribution in [1.82, 2.24) is 14.7 Å². The lowest BCUT2D eigenvalue weighted by Gasteiger charge is -2.40. The number of likely N-dealkylation sites (N-methyl/N-ethyl adjacent to an activating group) is 1. The first-order chi connectivity index (χ1) is 12.5. The summed E-state index contributed by atoms with van der Waals surface area (Å²) in [6.07, 6.45) is 1.34. The molecule has 1 aromatic rings. The molecule has 26 heavy (non-hydrogen) atoms. The second-order valence-corrected chi connectivity index (χ2v) is 7.21. The van der Waals surface area contributed by atoms with E-state index >= 15 is 0 Å². The van der Waals surface area contributed by atoms with Gasteiger partial charge in [0.15, 0.2) is 12.2 Å². The lowest BCUT2D eigenvalue weighted by Crippen LogP contribution is -2.64. The summed E-state index contributed by atoms with van der Waals surface area (Å²) >= 11 is 0. The van der Waals surface area contributed by atoms with Gasteiger partial charge in [0.1, 0.15) is 0 Å². The summed E-state index contributed by atoms with van der Waals surface area (Å²) in [5.74, 6) is 0.685. The molecule has 2 atom stereocenters. The first kappa shape index (κ1) is 16.9. The number of nitrogens with zero attached hydrogens (tertiary/aromatic N) is 5. The van der Waals surface area contributed by atoms with Crippen LogP contribution in [0.5, 0.6) is 0 Å². The number of aliphatic imine (C=N–C) groups is 1. The smallest absolute Gasteiger partial charge is 0.325 e. The van der Waals surface area contributed by atoms with E-state index in [-0.39, 0.29) is 11.9 Å². The highest BCUT2D eigenvalue weighted by atomic mass is 16.2. The summed E-state index contributed by atoms with van der Waals surface area (Å²) in [4.78, 5) is 37.7. The number of guanidine groups is 1. The monoisotopic (exact) mass is 355 g/mol. The van der Waals surface area contributed by atoms with Crippen LogP contribution in [0.1, 0.15) is 25.3 Å². The van der Waals surface area contributed by atoms with Crippen LogP contribution < -0.4 is 4.90 Å². The summed E-state index contributed by atoms with van der Waals surface area (Å²) < 4.78 is 0. The minimum Gasteiger partial charge on any atom is -0.325 e. The number of rotatable bonds is 4. The topological polar surface area (TPSA) is 59.5 Å². The number of imide groups is 1. The van der Waals surface area contributed by atoms with Crippen molar-refractivity contribution in [3.05, 3.63) is 29.8 Å². The Labute approximate surface area is 153 Å². The van der Waals surface area contributed by atoms with Gasteiger partial charge in [-0.1, -0.05) is 31.0 Å². The third-order valence-corrected chi connectivity index (χ3v) is 5.46. The highest BCUT2D eigenvalue weighted by Gasteiger charge is 2.54. The van der Waals surface area contributed by atoms with Crippen molar-refractivity contribution in [2.24, 2.45) is 4.99 Å². The maximum absolute atomic E-state index is 13.0. The van der Waals surface area contributed by atoms with E-state index in [1.165, 1.54) is 10.5 Å². The maximum atomic E-state index is 13.0. The molecule has 2 unspecified atom stereocenters. The third-order valence-electron chi connectivity index (χ3n) is 5.46. The number of fused-ring (bicyclic) bond motifs is 3. The predicted octanol–water partition coefficient (Wildman–Crippen LogP) is 1.88. The molecule has 1 aromatic carbocycles. The molecule has 0 bridgehead atoms. The highest BCUT2D eigenvalue weighted by molar-refractivity contribution is 6.07. The lowest BCUT2D eigenvalue weighted by molar-refractivity contribution is -0.137. The molecule has 0 aliphatic carbocycles. The van der Waals surface area contributed by atoms with Crippen molar-refractivity contribution < 1.29 is 9.59 Å². The lowest BCUT2D eigenvalue weighted by atomic mass is 10.1. The fourth-order valence-electron chi connectivity index (χ4n) is 3.93. The van der Waals surface area contributed by atoms with Crippen LogP contribution in [0.4, 0.5) is 10.5 Å². The normalized spacial score (nSPS) is 25.0. The first-order valence-electron chi connectivity index (χ1n) is 9.29. The number of benzene rings is 1. The minimum absolute atomic E-state index is 0.115. The highest BCUT2D eigenvalue weighted by Crippen LogP contribution is 2.33. The van der Waals surface area contributed by atoms with Crippen LogP contribution in [0.3, 0.4) is 0 Å². The van der Waals surface area contributed by atoms with Crippen LogP contribution in [0.2, 0.25) is 0 Å². The number of hydrogen-bond acceptors (Lipinski definition) is 5. The number of urea groups is 1. The van der Waals surface area contributed by atoms with Crippen molar-refractivity contribution in [3.8, 4) is 0 Å². The van der Waals surface area contributed by atoms with E-state index in [4.69, 9.17) is 4.99 Å². The Balaban J connectivity index is 1.63. The van der Waals surface area contributed by atoms with Crippen molar-refractivity contribution in [1.29, 1.82) is 0 Å². The third kappa shape index (κ3) is 2.45. The van der Waals surface area contributed by atoms with Crippen LogP contribution >= 0.6 is 0 Å². The molecule has 7 nitrogen and oxygen atoms in total. The van der Waals surface area contributed by atoms with Crippen molar-refractivity contribution in [2.75, 3.05) is 31.6 Å². The van der Waals surface area contributed by atoms with Gasteiger partial charge in [-0.05, 0) is 25.5 Å². The van der Waals surface area contributed by atoms with Crippen molar-refractivity contribution in [2.45, 2.75) is 38.9 Å². The Morgan fingerprint density at radius 2 is 1.88 bits per heavy atom. The van der Waals surface area contributed by atoms with Gasteiger partial charge in [0.05, 0.1) is 0 Å². The van der Waals surface area contributed by atoms with Gasteiger partial charge in [-0.15, -0.1) is 0 Å². The molecular formula is C19H25N5O2. The minimum atomic E-state index is -0.434. The van der Waals surface area contributed by atoms with Crippen LogP contribution in [-0.4, -0.2) is 71.5 Å². The Morgan fingerprint density at radius 1 is 1.15 bits per heavy atom. The maximum Gasteiger partial charge on any atom is 0.328 e. The van der Waals surface area contributed by atoms with E-state index in [0.717, 1.165) is 37.6 Å². The number of aryl methyl sites for hydroxylation is 1. The van der Waals surface area contributed by atoms with Gasteiger partial charge in [-0.25, -0.2) is 9.79 Å². The average molecular weight is 355 g/mol. The molecule has 0 spiro atoms. The number of unbranched alkanes of at least 4 members (excludes halogenated alkanes) is 1. The van der Waals surface area contributed by atoms with Crippen LogP contribution in [0.25, 0.3) is 0 Å². The molecule has 3 amide bonds. The van der Waals surface area contributed by atoms with Crippen molar-refractivity contribution >= 4 is 23.6 Å². The quantitative estimate of drug-likeness (QED) is 0.827. The van der Waals surface area contributed by atoms with E-state index < -0.39 is 12.2 Å². The molecule has 3 heterocycles. The number of carbonyl (C=O) groups is 2. The van der Waals surface area contributed by atoms with Gasteiger partial charge in [-0.3, -0.25) is 9.69 Å². The number of hydrogen-bond donors (Lipinski definition) is 0. The fraction of sp³-hybridized carbons (Fsp3) is 0.526. The van der Waals surface area contributed by atoms with Crippen LogP contribution in [-0.2, 0) is 4.79 Å². The summed E-state index contributed by atoms with van der Waals surface area (Å²) in [6, 6.07) is 7.67. The molecule has 138 valence electrons. The van der Waals surface area contributed by atoms with Gasteiger partial charge in [0.2, 0.25) is 5.96 Å². The van der Waals surface area contributed by atoms with E-state index in [9.17, 15) is 9.59 Å². The molecule has 0 radical (unpaired) electrons. The zero-order chi connectivity index (χ0) is 18.4. The largest absolute Gasteiger partial charge is 0.328 e. The Kier molecular flexibility index (Phi) is 4.09. The first-order valence-corrected chi connectivity index (χ1v) is 9.29. The van der Waals surface area contributed by atoms with Gasteiger partial charge in [0, 0.05) is 32.4 Å². The van der Waals surface area contributed by atoms with Gasteiger partial charge in [0.25, 0.3) is 5.91 Å². The Hall–Kier alpha value is -2.57. The Morgan fingerprint density at radius 3 is 2.58 bits per heavy atom. The SMILES string of the molecule is CCCCN1C(=O)C2C(N=C3N(c4ccc(C)cc4)CCN32)N(C)C1=O. The zero-order valence-electron chi connectivity index (χ0n) is 15.6. The molecule has 2 saturated heterocycles. The van der Waals surface area contributed by atoms with E-state index in [1.807, 2.05) is 0 Å². The molecule has 3 aliphatic heterocycles. The zero-order valence-corrected chi connectivity index (χ0v) is 15.6. The number of carbonyl (C=O) groups excluding carboxylic acids is 2. The number of anilines is 1. The second-order valence-electron chi connectivity index (χ2n) is 7.21. The summed E-state index contributed by atoms with van der Waals surface area (Å²) in [5.41, 5.74) is 2.28. The standard InChI is InChI=1S/C19H25N5O2/c1-4-5-10-24-17(25)15-16(21(3)19(24)26)20-18-22(11-12-23(15)18)14-8-6-13(2)7-9-14/h6-9,15-16H,4-5,10-12H2,1-3H3. The van der Waals surface area contributed by atoms with E-state index in [2.05, 4.69) is 47.9 Å². The van der Waals surface area contributed by atoms with Gasteiger partial charge in [-0.2, -0.15) is 0 Å². The summed E-state index contributed by atoms with van der Waals surface area (Å²) in [7, 11) is 1.74. The predicted molar refractivity (Wildman–Crippen MR) is 100 cm³/mol. The molecule has 0 N–H and O–H groups in total. The second kappa shape index (κ2) is 6.30. The molecule has 0 saturated carbocycles. The van der Waals surface area contributed by atoms with E-state index in [0.29, 0.717) is 6.54 Å². The van der Waals surface area contributed by atoms with E-state index in [1.54, 1.807) is 11.9 Å². The summed E-state index contributed by atoms with van der Waals surface area (Å²) in [5, 5.41) is 0. The average Bonchev–Trinajstić information content (AvgIpc) is 3.20. The molecule has 0 aromatic heterocycles. The molecule has 2 fully saturated rings. The molecule has 3 aliphatic rings.